The molecule has 2 aromatic rings. The van der Waals surface area contributed by atoms with Crippen molar-refractivity contribution in [3.63, 3.8) is 0 Å². The maximum atomic E-state index is 12.5. The number of ether oxygens (including phenoxy) is 2. The van der Waals surface area contributed by atoms with Gasteiger partial charge in [-0.2, -0.15) is 0 Å². The minimum Gasteiger partial charge on any atom is -0.486 e. The first-order valence-corrected chi connectivity index (χ1v) is 9.24. The molecule has 0 radical (unpaired) electrons. The number of likely N-dealkylation sites (tertiary alicyclic amines) is 1. The molecule has 0 spiro atoms. The Labute approximate surface area is 153 Å². The number of hydrogen-bond acceptors (Lipinski definition) is 5. The molecule has 0 bridgehead atoms. The number of nitrogens with zero attached hydrogens (tertiary/aromatic N) is 1. The van der Waals surface area contributed by atoms with Crippen LogP contribution in [-0.4, -0.2) is 43.2 Å². The predicted molar refractivity (Wildman–Crippen MR) is 97.7 cm³/mol. The molecule has 1 amide bonds. The highest BCUT2D eigenvalue weighted by atomic mass is 16.6. The topological polar surface area (TPSA) is 63.9 Å². The zero-order chi connectivity index (χ0) is 17.8. The van der Waals surface area contributed by atoms with Gasteiger partial charge in [-0.15, -0.1) is 0 Å². The van der Waals surface area contributed by atoms with E-state index < -0.39 is 0 Å². The van der Waals surface area contributed by atoms with Crippen LogP contribution in [-0.2, 0) is 11.2 Å². The molecule has 138 valence electrons. The summed E-state index contributed by atoms with van der Waals surface area (Å²) in [7, 11) is 0. The summed E-state index contributed by atoms with van der Waals surface area (Å²) in [6.45, 7) is 2.73. The molecule has 1 aromatic heterocycles. The first-order chi connectivity index (χ1) is 12.8. The molecule has 6 nitrogen and oxygen atoms in total. The normalized spacial score (nSPS) is 19.2. The molecule has 1 atom stereocenters. The SMILES string of the molecule is O=C(CCc1ccco1)N1CCC[C@@H](Nc2ccc3c(c2)OCCO3)C1. The van der Waals surface area contributed by atoms with E-state index in [-0.39, 0.29) is 11.9 Å². The molecule has 26 heavy (non-hydrogen) atoms. The average molecular weight is 356 g/mol. The highest BCUT2D eigenvalue weighted by Gasteiger charge is 2.24. The van der Waals surface area contributed by atoms with Crippen LogP contribution < -0.4 is 14.8 Å². The number of amides is 1. The molecular weight excluding hydrogens is 332 g/mol. The van der Waals surface area contributed by atoms with Gasteiger partial charge in [-0.05, 0) is 37.1 Å². The second-order valence-electron chi connectivity index (χ2n) is 6.76. The lowest BCUT2D eigenvalue weighted by Crippen LogP contribution is -2.45. The monoisotopic (exact) mass is 356 g/mol. The molecular formula is C20H24N2O4. The van der Waals surface area contributed by atoms with Crippen LogP contribution in [0.3, 0.4) is 0 Å². The van der Waals surface area contributed by atoms with Gasteiger partial charge in [0.1, 0.15) is 19.0 Å². The van der Waals surface area contributed by atoms with Crippen molar-refractivity contribution in [2.75, 3.05) is 31.6 Å². The van der Waals surface area contributed by atoms with Gasteiger partial charge < -0.3 is 24.1 Å². The summed E-state index contributed by atoms with van der Waals surface area (Å²) in [6, 6.07) is 9.94. The number of anilines is 1. The fraction of sp³-hybridized carbons (Fsp3) is 0.450. The van der Waals surface area contributed by atoms with Crippen molar-refractivity contribution in [1.29, 1.82) is 0 Å². The van der Waals surface area contributed by atoms with Crippen LogP contribution in [0.1, 0.15) is 25.0 Å². The quantitative estimate of drug-likeness (QED) is 0.892. The van der Waals surface area contributed by atoms with E-state index in [1.165, 1.54) is 0 Å². The summed E-state index contributed by atoms with van der Waals surface area (Å²) in [6.07, 6.45) is 4.85. The molecule has 4 rings (SSSR count). The maximum Gasteiger partial charge on any atom is 0.223 e. The number of benzene rings is 1. The van der Waals surface area contributed by atoms with Gasteiger partial charge in [0.15, 0.2) is 11.5 Å². The van der Waals surface area contributed by atoms with E-state index in [0.29, 0.717) is 26.1 Å². The van der Waals surface area contributed by atoms with E-state index in [4.69, 9.17) is 13.9 Å². The standard InChI is InChI=1S/C20H24N2O4/c23-20(8-6-17-4-2-10-24-17)22-9-1-3-16(14-22)21-15-5-7-18-19(13-15)26-12-11-25-18/h2,4-5,7,10,13,16,21H,1,3,6,8-9,11-12,14H2/t16-/m1/s1. The van der Waals surface area contributed by atoms with Crippen LogP contribution in [0.5, 0.6) is 11.5 Å². The Kier molecular flexibility index (Phi) is 5.00. The van der Waals surface area contributed by atoms with Gasteiger partial charge >= 0.3 is 0 Å². The van der Waals surface area contributed by atoms with Gasteiger partial charge in [-0.3, -0.25) is 4.79 Å². The van der Waals surface area contributed by atoms with E-state index in [9.17, 15) is 4.79 Å². The lowest BCUT2D eigenvalue weighted by Gasteiger charge is -2.34. The van der Waals surface area contributed by atoms with Gasteiger partial charge in [0, 0.05) is 43.7 Å². The summed E-state index contributed by atoms with van der Waals surface area (Å²) in [5.41, 5.74) is 1.00. The van der Waals surface area contributed by atoms with E-state index >= 15 is 0 Å². The summed E-state index contributed by atoms with van der Waals surface area (Å²) < 4.78 is 16.5. The zero-order valence-corrected chi connectivity index (χ0v) is 14.8. The van der Waals surface area contributed by atoms with Crippen LogP contribution in [0.15, 0.2) is 41.0 Å². The molecule has 3 heterocycles. The van der Waals surface area contributed by atoms with E-state index in [1.54, 1.807) is 6.26 Å². The largest absolute Gasteiger partial charge is 0.486 e. The number of rotatable bonds is 5. The van der Waals surface area contributed by atoms with Gasteiger partial charge in [-0.25, -0.2) is 0 Å². The first kappa shape index (κ1) is 16.8. The Balaban J connectivity index is 1.32. The third-order valence-electron chi connectivity index (χ3n) is 4.85. The minimum atomic E-state index is 0.190. The maximum absolute atomic E-state index is 12.5. The molecule has 6 heteroatoms. The third kappa shape index (κ3) is 3.95. The second-order valence-corrected chi connectivity index (χ2v) is 6.76. The smallest absolute Gasteiger partial charge is 0.223 e. The first-order valence-electron chi connectivity index (χ1n) is 9.24. The van der Waals surface area contributed by atoms with Crippen LogP contribution in [0.25, 0.3) is 0 Å². The number of nitrogens with one attached hydrogen (secondary N) is 1. The Morgan fingerprint density at radius 2 is 2.08 bits per heavy atom. The third-order valence-corrected chi connectivity index (χ3v) is 4.85. The Hall–Kier alpha value is -2.63. The van der Waals surface area contributed by atoms with Crippen molar-refractivity contribution in [1.82, 2.24) is 4.90 Å². The van der Waals surface area contributed by atoms with Gasteiger partial charge in [-0.1, -0.05) is 0 Å². The summed E-state index contributed by atoms with van der Waals surface area (Å²) >= 11 is 0. The molecule has 0 aliphatic carbocycles. The van der Waals surface area contributed by atoms with Crippen molar-refractivity contribution in [2.45, 2.75) is 31.7 Å². The Bertz CT molecular complexity index is 744. The number of furan rings is 1. The van der Waals surface area contributed by atoms with Crippen molar-refractivity contribution in [3.8, 4) is 11.5 Å². The number of aryl methyl sites for hydroxylation is 1. The summed E-state index contributed by atoms with van der Waals surface area (Å²) in [5.74, 6) is 2.63. The molecule has 0 saturated carbocycles. The van der Waals surface area contributed by atoms with Crippen molar-refractivity contribution in [3.05, 3.63) is 42.4 Å². The molecule has 2 aliphatic heterocycles. The fourth-order valence-corrected chi connectivity index (χ4v) is 3.53. The summed E-state index contributed by atoms with van der Waals surface area (Å²) in [4.78, 5) is 14.5. The molecule has 1 N–H and O–H groups in total. The lowest BCUT2D eigenvalue weighted by atomic mass is 10.0. The van der Waals surface area contributed by atoms with Gasteiger partial charge in [0.2, 0.25) is 5.91 Å². The molecule has 1 fully saturated rings. The average Bonchev–Trinajstić information content (AvgIpc) is 3.20. The van der Waals surface area contributed by atoms with Crippen LogP contribution in [0.2, 0.25) is 0 Å². The highest BCUT2D eigenvalue weighted by Crippen LogP contribution is 2.33. The Morgan fingerprint density at radius 3 is 2.92 bits per heavy atom. The van der Waals surface area contributed by atoms with Gasteiger partial charge in [0.05, 0.1) is 6.26 Å². The summed E-state index contributed by atoms with van der Waals surface area (Å²) in [5, 5.41) is 3.54. The second kappa shape index (κ2) is 7.72. The van der Waals surface area contributed by atoms with Crippen molar-refractivity contribution in [2.24, 2.45) is 0 Å². The van der Waals surface area contributed by atoms with Gasteiger partial charge in [0.25, 0.3) is 0 Å². The van der Waals surface area contributed by atoms with E-state index in [2.05, 4.69) is 5.32 Å². The van der Waals surface area contributed by atoms with Crippen LogP contribution in [0.4, 0.5) is 5.69 Å². The number of fused-ring (bicyclic) bond motifs is 1. The van der Waals surface area contributed by atoms with E-state index in [0.717, 1.165) is 48.9 Å². The number of carbonyl (C=O) groups is 1. The Morgan fingerprint density at radius 1 is 1.19 bits per heavy atom. The zero-order valence-electron chi connectivity index (χ0n) is 14.8. The number of carbonyl (C=O) groups excluding carboxylic acids is 1. The highest BCUT2D eigenvalue weighted by molar-refractivity contribution is 5.76. The minimum absolute atomic E-state index is 0.190. The molecule has 2 aliphatic rings. The van der Waals surface area contributed by atoms with Crippen LogP contribution >= 0.6 is 0 Å². The lowest BCUT2D eigenvalue weighted by molar-refractivity contribution is -0.132. The van der Waals surface area contributed by atoms with E-state index in [1.807, 2.05) is 35.2 Å². The van der Waals surface area contributed by atoms with Crippen molar-refractivity contribution >= 4 is 11.6 Å². The molecule has 1 saturated heterocycles. The predicted octanol–water partition coefficient (Wildman–Crippen LogP) is 3.09. The fourth-order valence-electron chi connectivity index (χ4n) is 3.53. The number of hydrogen-bond donors (Lipinski definition) is 1. The molecule has 1 aromatic carbocycles. The van der Waals surface area contributed by atoms with Crippen molar-refractivity contribution < 1.29 is 18.7 Å². The van der Waals surface area contributed by atoms with Crippen LogP contribution in [0, 0.1) is 0 Å². The molecule has 0 unspecified atom stereocenters. The number of piperidine rings is 1.